The average molecular weight is 425 g/mol. The Balaban J connectivity index is 1.68. The highest BCUT2D eigenvalue weighted by molar-refractivity contribution is 9.10. The smallest absolute Gasteiger partial charge is 0.240 e. The highest BCUT2D eigenvalue weighted by atomic mass is 79.9. The van der Waals surface area contributed by atoms with Crippen LogP contribution in [0.15, 0.2) is 52.0 Å². The number of halogens is 1. The Morgan fingerprint density at radius 3 is 2.64 bits per heavy atom. The van der Waals surface area contributed by atoms with Gasteiger partial charge < -0.3 is 9.80 Å². The van der Waals surface area contributed by atoms with Gasteiger partial charge in [-0.2, -0.15) is 0 Å². The first kappa shape index (κ1) is 18.3. The molecular weight excluding hydrogens is 404 g/mol. The number of benzene rings is 1. The minimum absolute atomic E-state index is 0.234. The van der Waals surface area contributed by atoms with Crippen molar-refractivity contribution in [2.45, 2.75) is 11.4 Å². The molecule has 0 radical (unpaired) electrons. The highest BCUT2D eigenvalue weighted by Gasteiger charge is 2.17. The van der Waals surface area contributed by atoms with Gasteiger partial charge >= 0.3 is 0 Å². The van der Waals surface area contributed by atoms with E-state index in [0.29, 0.717) is 0 Å². The maximum absolute atomic E-state index is 12.4. The van der Waals surface area contributed by atoms with Gasteiger partial charge in [-0.1, -0.05) is 22.0 Å². The van der Waals surface area contributed by atoms with E-state index < -0.39 is 10.0 Å². The van der Waals surface area contributed by atoms with Crippen molar-refractivity contribution in [3.8, 4) is 0 Å². The summed E-state index contributed by atoms with van der Waals surface area (Å²) in [5, 5.41) is 0. The molecule has 1 aliphatic rings. The number of sulfonamides is 1. The van der Waals surface area contributed by atoms with Crippen LogP contribution in [0.1, 0.15) is 5.56 Å². The summed E-state index contributed by atoms with van der Waals surface area (Å²) in [6.45, 7) is 4.09. The van der Waals surface area contributed by atoms with Crippen molar-refractivity contribution in [2.24, 2.45) is 0 Å². The molecule has 0 bridgehead atoms. The van der Waals surface area contributed by atoms with E-state index in [0.717, 1.165) is 42.0 Å². The van der Waals surface area contributed by atoms with Crippen molar-refractivity contribution in [1.29, 1.82) is 0 Å². The van der Waals surface area contributed by atoms with E-state index in [2.05, 4.69) is 42.5 Å². The van der Waals surface area contributed by atoms with Crippen LogP contribution in [0.5, 0.6) is 0 Å². The van der Waals surface area contributed by atoms with Gasteiger partial charge in [-0.25, -0.2) is 18.1 Å². The lowest BCUT2D eigenvalue weighted by molar-refractivity contribution is 0.312. The molecule has 0 unspecified atom stereocenters. The summed E-state index contributed by atoms with van der Waals surface area (Å²) in [4.78, 5) is 9.18. The van der Waals surface area contributed by atoms with Crippen LogP contribution in [0, 0.1) is 0 Å². The van der Waals surface area contributed by atoms with Crippen LogP contribution < -0.4 is 9.62 Å². The Bertz CT molecular complexity index is 836. The third kappa shape index (κ3) is 4.78. The van der Waals surface area contributed by atoms with Crippen molar-refractivity contribution in [2.75, 3.05) is 38.1 Å². The third-order valence-corrected chi connectivity index (χ3v) is 6.10. The van der Waals surface area contributed by atoms with Crippen molar-refractivity contribution in [3.63, 3.8) is 0 Å². The molecule has 0 amide bonds. The first-order valence-corrected chi connectivity index (χ1v) is 10.4. The molecule has 134 valence electrons. The fraction of sp³-hybridized carbons (Fsp3) is 0.353. The van der Waals surface area contributed by atoms with Gasteiger partial charge in [-0.3, -0.25) is 0 Å². The van der Waals surface area contributed by atoms with Gasteiger partial charge in [-0.15, -0.1) is 0 Å². The molecule has 2 heterocycles. The number of anilines is 1. The second kappa shape index (κ2) is 7.82. The van der Waals surface area contributed by atoms with Gasteiger partial charge in [0.05, 0.1) is 4.90 Å². The summed E-state index contributed by atoms with van der Waals surface area (Å²) in [5.74, 6) is 0.896. The molecule has 3 rings (SSSR count). The summed E-state index contributed by atoms with van der Waals surface area (Å²) in [6.07, 6.45) is 1.73. The lowest BCUT2D eigenvalue weighted by atomic mass is 10.2. The van der Waals surface area contributed by atoms with Gasteiger partial charge in [0.2, 0.25) is 10.0 Å². The largest absolute Gasteiger partial charge is 0.354 e. The standard InChI is InChI=1S/C17H21BrN4O2S/c1-21-7-9-22(10-8-21)17-11-14(5-6-19-17)13-20-25(23,24)16-4-2-3-15(18)12-16/h2-6,11-12,20H,7-10,13H2,1H3. The molecule has 1 aromatic carbocycles. The number of hydrogen-bond acceptors (Lipinski definition) is 5. The maximum atomic E-state index is 12.4. The van der Waals surface area contributed by atoms with Crippen molar-refractivity contribution in [3.05, 3.63) is 52.6 Å². The van der Waals surface area contributed by atoms with Gasteiger partial charge in [0.15, 0.2) is 0 Å². The SMILES string of the molecule is CN1CCN(c2cc(CNS(=O)(=O)c3cccc(Br)c3)ccn2)CC1. The molecule has 1 saturated heterocycles. The third-order valence-electron chi connectivity index (χ3n) is 4.21. The maximum Gasteiger partial charge on any atom is 0.240 e. The molecule has 25 heavy (non-hydrogen) atoms. The number of piperazine rings is 1. The molecule has 0 saturated carbocycles. The van der Waals surface area contributed by atoms with Crippen LogP contribution in [-0.2, 0) is 16.6 Å². The molecule has 0 atom stereocenters. The Morgan fingerprint density at radius 1 is 1.16 bits per heavy atom. The Hall–Kier alpha value is -1.48. The van der Waals surface area contributed by atoms with Crippen LogP contribution in [-0.4, -0.2) is 51.5 Å². The molecule has 6 nitrogen and oxygen atoms in total. The molecule has 1 aromatic heterocycles. The zero-order chi connectivity index (χ0) is 17.9. The molecule has 1 N–H and O–H groups in total. The summed E-state index contributed by atoms with van der Waals surface area (Å²) < 4.78 is 28.2. The molecule has 1 aliphatic heterocycles. The van der Waals surface area contributed by atoms with E-state index in [-0.39, 0.29) is 11.4 Å². The van der Waals surface area contributed by atoms with Crippen LogP contribution in [0.2, 0.25) is 0 Å². The molecule has 2 aromatic rings. The Labute approximate surface area is 157 Å². The van der Waals surface area contributed by atoms with E-state index in [9.17, 15) is 8.42 Å². The quantitative estimate of drug-likeness (QED) is 0.795. The lowest BCUT2D eigenvalue weighted by Crippen LogP contribution is -2.44. The van der Waals surface area contributed by atoms with Crippen molar-refractivity contribution < 1.29 is 8.42 Å². The van der Waals surface area contributed by atoms with Crippen LogP contribution in [0.25, 0.3) is 0 Å². The highest BCUT2D eigenvalue weighted by Crippen LogP contribution is 2.18. The minimum atomic E-state index is -3.55. The van der Waals surface area contributed by atoms with Crippen LogP contribution >= 0.6 is 15.9 Å². The van der Waals surface area contributed by atoms with Gasteiger partial charge in [-0.05, 0) is 42.9 Å². The lowest BCUT2D eigenvalue weighted by Gasteiger charge is -2.33. The Morgan fingerprint density at radius 2 is 1.92 bits per heavy atom. The van der Waals surface area contributed by atoms with Gasteiger partial charge in [0, 0.05) is 43.4 Å². The summed E-state index contributed by atoms with van der Waals surface area (Å²) in [5.41, 5.74) is 0.891. The monoisotopic (exact) mass is 424 g/mol. The second-order valence-corrected chi connectivity index (χ2v) is 8.78. The number of aromatic nitrogens is 1. The molecular formula is C17H21BrN4O2S. The average Bonchev–Trinajstić information content (AvgIpc) is 2.61. The second-order valence-electron chi connectivity index (χ2n) is 6.09. The van der Waals surface area contributed by atoms with Crippen LogP contribution in [0.3, 0.4) is 0 Å². The fourth-order valence-corrected chi connectivity index (χ4v) is 4.29. The van der Waals surface area contributed by atoms with Gasteiger partial charge in [0.1, 0.15) is 5.82 Å². The number of nitrogens with one attached hydrogen (secondary N) is 1. The normalized spacial score (nSPS) is 16.2. The van der Waals surface area contributed by atoms with E-state index in [4.69, 9.17) is 0 Å². The van der Waals surface area contributed by atoms with E-state index in [1.54, 1.807) is 30.5 Å². The summed E-state index contributed by atoms with van der Waals surface area (Å²) >= 11 is 3.30. The van der Waals surface area contributed by atoms with Crippen LogP contribution in [0.4, 0.5) is 5.82 Å². The number of rotatable bonds is 5. The summed E-state index contributed by atoms with van der Waals surface area (Å²) in [7, 11) is -1.44. The molecule has 0 aliphatic carbocycles. The first-order chi connectivity index (χ1) is 11.9. The van der Waals surface area contributed by atoms with Crippen molar-refractivity contribution in [1.82, 2.24) is 14.6 Å². The number of pyridine rings is 1. The fourth-order valence-electron chi connectivity index (χ4n) is 2.67. The molecule has 8 heteroatoms. The minimum Gasteiger partial charge on any atom is -0.354 e. The first-order valence-electron chi connectivity index (χ1n) is 8.08. The van der Waals surface area contributed by atoms with E-state index in [1.807, 2.05) is 12.1 Å². The van der Waals surface area contributed by atoms with Gasteiger partial charge in [0.25, 0.3) is 0 Å². The Kier molecular flexibility index (Phi) is 5.73. The summed E-state index contributed by atoms with van der Waals surface area (Å²) in [6, 6.07) is 10.5. The number of hydrogen-bond donors (Lipinski definition) is 1. The van der Waals surface area contributed by atoms with E-state index >= 15 is 0 Å². The number of likely N-dealkylation sites (N-methyl/N-ethyl adjacent to an activating group) is 1. The number of nitrogens with zero attached hydrogens (tertiary/aromatic N) is 3. The molecule has 0 spiro atoms. The topological polar surface area (TPSA) is 65.5 Å². The van der Waals surface area contributed by atoms with E-state index in [1.165, 1.54) is 0 Å². The predicted molar refractivity (Wildman–Crippen MR) is 102 cm³/mol. The van der Waals surface area contributed by atoms with Crippen molar-refractivity contribution >= 4 is 31.8 Å². The zero-order valence-corrected chi connectivity index (χ0v) is 16.4. The predicted octanol–water partition coefficient (Wildman–Crippen LogP) is 2.07. The zero-order valence-electron chi connectivity index (χ0n) is 14.0. The molecule has 1 fully saturated rings.